The molecule has 0 bridgehead atoms. The zero-order valence-electron chi connectivity index (χ0n) is 17.6. The van der Waals surface area contributed by atoms with Gasteiger partial charge < -0.3 is 10.6 Å². The number of halogens is 3. The molecule has 1 saturated heterocycles. The first-order valence-corrected chi connectivity index (χ1v) is 11.2. The number of rotatable bonds is 3. The molecule has 168 valence electrons. The summed E-state index contributed by atoms with van der Waals surface area (Å²) in [5, 5.41) is 0. The van der Waals surface area contributed by atoms with Crippen LogP contribution in [-0.2, 0) is 13.2 Å². The molecule has 31 heavy (non-hydrogen) atoms. The lowest BCUT2D eigenvalue weighted by atomic mass is 9.76. The van der Waals surface area contributed by atoms with Crippen LogP contribution in [0.2, 0.25) is 0 Å². The smallest absolute Gasteiger partial charge is 0.382 e. The van der Waals surface area contributed by atoms with Gasteiger partial charge in [-0.25, -0.2) is 0 Å². The van der Waals surface area contributed by atoms with Crippen molar-refractivity contribution in [3.63, 3.8) is 0 Å². The van der Waals surface area contributed by atoms with Crippen LogP contribution < -0.4 is 16.2 Å². The van der Waals surface area contributed by atoms with Crippen LogP contribution in [0.5, 0.6) is 0 Å². The van der Waals surface area contributed by atoms with E-state index in [2.05, 4.69) is 21.8 Å². The Labute approximate surface area is 183 Å². The van der Waals surface area contributed by atoms with Gasteiger partial charge in [-0.2, -0.15) is 18.2 Å². The fourth-order valence-electron chi connectivity index (χ4n) is 4.89. The van der Waals surface area contributed by atoms with E-state index >= 15 is 0 Å². The highest BCUT2D eigenvalue weighted by Crippen LogP contribution is 2.49. The predicted octanol–water partition coefficient (Wildman–Crippen LogP) is 4.33. The van der Waals surface area contributed by atoms with Crippen LogP contribution in [0.25, 0.3) is 0 Å². The molecule has 1 unspecified atom stereocenters. The van der Waals surface area contributed by atoms with E-state index < -0.39 is 17.4 Å². The molecular formula is C21H26F3N5OS. The maximum absolute atomic E-state index is 13.3. The summed E-state index contributed by atoms with van der Waals surface area (Å²) < 4.78 is 41.2. The van der Waals surface area contributed by atoms with Crippen LogP contribution in [-0.4, -0.2) is 27.6 Å². The van der Waals surface area contributed by atoms with Crippen molar-refractivity contribution in [1.29, 1.82) is 0 Å². The lowest BCUT2D eigenvalue weighted by Gasteiger charge is -2.40. The summed E-state index contributed by atoms with van der Waals surface area (Å²) in [5.41, 5.74) is 4.96. The summed E-state index contributed by atoms with van der Waals surface area (Å²) in [6.07, 6.45) is 2.31. The van der Waals surface area contributed by atoms with Gasteiger partial charge in [0.1, 0.15) is 10.7 Å². The Morgan fingerprint density at radius 3 is 2.58 bits per heavy atom. The lowest BCUT2D eigenvalue weighted by molar-refractivity contribution is -0.143. The molecule has 10 heteroatoms. The van der Waals surface area contributed by atoms with Crippen LogP contribution in [0.15, 0.2) is 32.9 Å². The van der Waals surface area contributed by atoms with Crippen LogP contribution in [0.3, 0.4) is 0 Å². The second-order valence-corrected chi connectivity index (χ2v) is 9.83. The van der Waals surface area contributed by atoms with Gasteiger partial charge in [0.15, 0.2) is 5.69 Å². The second-order valence-electron chi connectivity index (χ2n) is 8.78. The SMILES string of the molecule is CC1CCC2(CCN(c3nc(N)c(Sc4cccnc4C(F)(F)F)c(=O)n3C)CC2)C1. The van der Waals surface area contributed by atoms with E-state index in [4.69, 9.17) is 5.73 Å². The van der Waals surface area contributed by atoms with E-state index in [0.717, 1.165) is 38.0 Å². The molecule has 0 amide bonds. The van der Waals surface area contributed by atoms with E-state index in [1.807, 2.05) is 0 Å². The Morgan fingerprint density at radius 2 is 1.97 bits per heavy atom. The lowest BCUT2D eigenvalue weighted by Crippen LogP contribution is -2.42. The van der Waals surface area contributed by atoms with Crippen molar-refractivity contribution in [3.8, 4) is 0 Å². The number of hydrogen-bond acceptors (Lipinski definition) is 6. The molecule has 1 aliphatic carbocycles. The Kier molecular flexibility index (Phi) is 5.70. The van der Waals surface area contributed by atoms with Crippen molar-refractivity contribution in [1.82, 2.24) is 14.5 Å². The predicted molar refractivity (Wildman–Crippen MR) is 114 cm³/mol. The maximum atomic E-state index is 13.3. The van der Waals surface area contributed by atoms with Gasteiger partial charge >= 0.3 is 6.18 Å². The minimum Gasteiger partial charge on any atom is -0.382 e. The van der Waals surface area contributed by atoms with Gasteiger partial charge in [0.25, 0.3) is 5.56 Å². The van der Waals surface area contributed by atoms with Gasteiger partial charge in [-0.05, 0) is 49.1 Å². The molecule has 1 saturated carbocycles. The summed E-state index contributed by atoms with van der Waals surface area (Å²) >= 11 is 0.657. The highest BCUT2D eigenvalue weighted by molar-refractivity contribution is 7.99. The van der Waals surface area contributed by atoms with Gasteiger partial charge in [-0.15, -0.1) is 0 Å². The molecule has 0 radical (unpaired) electrons. The van der Waals surface area contributed by atoms with Gasteiger partial charge in [-0.3, -0.25) is 14.3 Å². The Hall–Kier alpha value is -2.23. The average molecular weight is 454 g/mol. The van der Waals surface area contributed by atoms with Crippen molar-refractivity contribution in [2.24, 2.45) is 18.4 Å². The standard InChI is InChI=1S/C21H26F3N5OS/c1-13-5-6-20(12-13)7-10-29(11-8-20)19-27-17(25)15(18(30)28(19)2)31-14-4-3-9-26-16(14)21(22,23)24/h3-4,9,13H,5-8,10-12,25H2,1-2H3. The topological polar surface area (TPSA) is 77.0 Å². The molecule has 1 aliphatic heterocycles. The molecule has 2 aliphatic rings. The average Bonchev–Trinajstić information content (AvgIpc) is 3.08. The zero-order valence-corrected chi connectivity index (χ0v) is 18.4. The van der Waals surface area contributed by atoms with Crippen molar-refractivity contribution in [3.05, 3.63) is 34.4 Å². The molecule has 2 aromatic heterocycles. The van der Waals surface area contributed by atoms with Crippen LogP contribution in [0, 0.1) is 11.3 Å². The largest absolute Gasteiger partial charge is 0.434 e. The first kappa shape index (κ1) is 22.0. The van der Waals surface area contributed by atoms with Gasteiger partial charge in [0.05, 0.1) is 0 Å². The van der Waals surface area contributed by atoms with E-state index in [1.165, 1.54) is 36.0 Å². The van der Waals surface area contributed by atoms with Crippen molar-refractivity contribution in [2.45, 2.75) is 55.0 Å². The summed E-state index contributed by atoms with van der Waals surface area (Å²) in [4.78, 5) is 22.7. The number of anilines is 2. The molecule has 6 nitrogen and oxygen atoms in total. The van der Waals surface area contributed by atoms with Gasteiger partial charge in [-0.1, -0.05) is 25.1 Å². The fraction of sp³-hybridized carbons (Fsp3) is 0.571. The first-order chi connectivity index (χ1) is 14.6. The Bertz CT molecular complexity index is 1030. The zero-order chi connectivity index (χ0) is 22.4. The third kappa shape index (κ3) is 4.26. The number of pyridine rings is 1. The summed E-state index contributed by atoms with van der Waals surface area (Å²) in [7, 11) is 1.59. The van der Waals surface area contributed by atoms with E-state index in [9.17, 15) is 18.0 Å². The number of piperidine rings is 1. The van der Waals surface area contributed by atoms with Crippen molar-refractivity contribution in [2.75, 3.05) is 23.7 Å². The molecule has 1 atom stereocenters. The third-order valence-electron chi connectivity index (χ3n) is 6.56. The molecule has 2 fully saturated rings. The second kappa shape index (κ2) is 8.03. The van der Waals surface area contributed by atoms with Crippen molar-refractivity contribution >= 4 is 23.5 Å². The van der Waals surface area contributed by atoms with Crippen molar-refractivity contribution < 1.29 is 13.2 Å². The highest BCUT2D eigenvalue weighted by Gasteiger charge is 2.40. The summed E-state index contributed by atoms with van der Waals surface area (Å²) in [5.74, 6) is 1.17. The van der Waals surface area contributed by atoms with Crippen LogP contribution in [0.4, 0.5) is 24.9 Å². The van der Waals surface area contributed by atoms with E-state index in [-0.39, 0.29) is 15.6 Å². The normalized spacial score (nSPS) is 21.1. The van der Waals surface area contributed by atoms with Gasteiger partial charge in [0, 0.05) is 31.2 Å². The molecule has 0 aromatic carbocycles. The summed E-state index contributed by atoms with van der Waals surface area (Å²) in [6, 6.07) is 2.67. The van der Waals surface area contributed by atoms with Crippen LogP contribution in [0.1, 0.15) is 44.7 Å². The number of hydrogen-bond donors (Lipinski definition) is 1. The van der Waals surface area contributed by atoms with E-state index in [0.29, 0.717) is 23.1 Å². The molecule has 4 rings (SSSR count). The third-order valence-corrected chi connectivity index (χ3v) is 7.70. The summed E-state index contributed by atoms with van der Waals surface area (Å²) in [6.45, 7) is 3.88. The monoisotopic (exact) mass is 453 g/mol. The van der Waals surface area contributed by atoms with Crippen LogP contribution >= 0.6 is 11.8 Å². The first-order valence-electron chi connectivity index (χ1n) is 10.4. The Balaban J connectivity index is 1.59. The minimum absolute atomic E-state index is 0.0251. The number of alkyl halides is 3. The number of aromatic nitrogens is 3. The highest BCUT2D eigenvalue weighted by atomic mass is 32.2. The van der Waals surface area contributed by atoms with Gasteiger partial charge in [0.2, 0.25) is 5.95 Å². The fourth-order valence-corrected chi connectivity index (χ4v) is 5.90. The minimum atomic E-state index is -4.63. The Morgan fingerprint density at radius 1 is 1.26 bits per heavy atom. The molecule has 2 aromatic rings. The number of nitrogen functional groups attached to an aromatic ring is 1. The number of nitrogens with zero attached hydrogens (tertiary/aromatic N) is 4. The molecule has 3 heterocycles. The van der Waals surface area contributed by atoms with E-state index in [1.54, 1.807) is 7.05 Å². The molecular weight excluding hydrogens is 427 g/mol. The molecule has 1 spiro atoms. The number of nitrogens with two attached hydrogens (primary N) is 1. The quantitative estimate of drug-likeness (QED) is 0.745. The maximum Gasteiger partial charge on any atom is 0.434 e. The molecule has 2 N–H and O–H groups in total.